The molecule has 4 aliphatic heterocycles. The summed E-state index contributed by atoms with van der Waals surface area (Å²) in [6, 6.07) is 17.4. The summed E-state index contributed by atoms with van der Waals surface area (Å²) in [5.41, 5.74) is 9.02. The molecule has 2 fully saturated rings. The minimum absolute atomic E-state index is 0.0684. The number of carbonyl (C=O) groups is 7. The first-order valence-corrected chi connectivity index (χ1v) is 26.8. The Kier molecular flexibility index (Phi) is 17.1. The van der Waals surface area contributed by atoms with Crippen LogP contribution in [0, 0.1) is 11.3 Å². The van der Waals surface area contributed by atoms with Crippen LogP contribution in [0.5, 0.6) is 28.7 Å². The smallest absolute Gasteiger partial charge is 0.416 e. The zero-order valence-electron chi connectivity index (χ0n) is 45.9. The second-order valence-corrected chi connectivity index (χ2v) is 21.0. The number of aliphatic imine (C=N–C) groups is 1. The van der Waals surface area contributed by atoms with Gasteiger partial charge in [0, 0.05) is 49.6 Å². The number of ether oxygens (including phenoxy) is 6. The standard InChI is InChI=1S/C58H67N9O14/c1-32(2)51(64-50(69)28-61-49(68)26-59)53(71)62-33(3)52(70)63-37-12-8-34(9-13-37)30-81-57(75)67-43-24-48(46(78-6)22-41(43)55(73)66-31-58(16-17-58)25-44(66)56(67)74)80-19-7-18-79-47-23-42-40(21-45(47)77-5)54(72)65-29-36(20-38(65)27-60-42)35-10-14-39(76-4)15-11-35/h8-15,21-24,27,29,32-33,38,44,51,56,74H,7,16-20,25-26,28,30-31,59H2,1-6H3,(H,61,68)(H,62,71)(H,63,70)(H,64,69)/t33-,38-,44-,51-,56?/m0/s1. The molecule has 1 saturated heterocycles. The van der Waals surface area contributed by atoms with Crippen molar-refractivity contribution in [2.75, 3.05) is 64.4 Å². The van der Waals surface area contributed by atoms with E-state index < -0.39 is 54.1 Å². The molecule has 428 valence electrons. The molecule has 9 rings (SSSR count). The first-order chi connectivity index (χ1) is 38.9. The lowest BCUT2D eigenvalue weighted by molar-refractivity contribution is -0.132. The van der Waals surface area contributed by atoms with Gasteiger partial charge in [-0.1, -0.05) is 38.1 Å². The van der Waals surface area contributed by atoms with E-state index in [0.29, 0.717) is 59.8 Å². The van der Waals surface area contributed by atoms with E-state index in [1.807, 2.05) is 30.5 Å². The summed E-state index contributed by atoms with van der Waals surface area (Å²) in [7, 11) is 4.54. The maximum atomic E-state index is 14.4. The summed E-state index contributed by atoms with van der Waals surface area (Å²) >= 11 is 0. The molecule has 1 spiro atoms. The molecule has 0 bridgehead atoms. The molecule has 4 aromatic carbocycles. The van der Waals surface area contributed by atoms with Gasteiger partial charge >= 0.3 is 6.09 Å². The summed E-state index contributed by atoms with van der Waals surface area (Å²) < 4.78 is 35.0. The number of aliphatic hydroxyl groups excluding tert-OH is 1. The quantitative estimate of drug-likeness (QED) is 0.0619. The number of methoxy groups -OCH3 is 3. The maximum Gasteiger partial charge on any atom is 0.416 e. The van der Waals surface area contributed by atoms with Gasteiger partial charge in [0.15, 0.2) is 29.2 Å². The topological polar surface area (TPSA) is 291 Å². The average molecular weight is 1110 g/mol. The second-order valence-electron chi connectivity index (χ2n) is 21.0. The van der Waals surface area contributed by atoms with Crippen molar-refractivity contribution in [1.29, 1.82) is 0 Å². The highest BCUT2D eigenvalue weighted by Crippen LogP contribution is 2.57. The van der Waals surface area contributed by atoms with Gasteiger partial charge in [-0.2, -0.15) is 0 Å². The van der Waals surface area contributed by atoms with Gasteiger partial charge in [0.05, 0.1) is 82.2 Å². The van der Waals surface area contributed by atoms with Crippen LogP contribution >= 0.6 is 0 Å². The van der Waals surface area contributed by atoms with Crippen molar-refractivity contribution in [3.8, 4) is 28.7 Å². The number of nitrogens with two attached hydrogens (primary N) is 1. The molecule has 0 aromatic heterocycles. The van der Waals surface area contributed by atoms with Gasteiger partial charge in [-0.15, -0.1) is 0 Å². The van der Waals surface area contributed by atoms with Crippen LogP contribution in [0.4, 0.5) is 21.9 Å². The monoisotopic (exact) mass is 1110 g/mol. The Morgan fingerprint density at radius 2 is 1.48 bits per heavy atom. The van der Waals surface area contributed by atoms with Gasteiger partial charge in [-0.05, 0) is 90.6 Å². The number of aliphatic hydroxyl groups is 1. The minimum Gasteiger partial charge on any atom is -0.497 e. The molecule has 23 heteroatoms. The predicted octanol–water partition coefficient (Wildman–Crippen LogP) is 4.66. The van der Waals surface area contributed by atoms with Gasteiger partial charge in [0.25, 0.3) is 11.8 Å². The molecule has 1 saturated carbocycles. The number of nitrogens with one attached hydrogen (secondary N) is 4. The molecule has 5 atom stereocenters. The van der Waals surface area contributed by atoms with Crippen LogP contribution in [0.3, 0.4) is 0 Å². The molecule has 7 N–H and O–H groups in total. The largest absolute Gasteiger partial charge is 0.497 e. The van der Waals surface area contributed by atoms with Crippen molar-refractivity contribution < 1.29 is 67.1 Å². The van der Waals surface area contributed by atoms with Crippen molar-refractivity contribution in [3.63, 3.8) is 0 Å². The summed E-state index contributed by atoms with van der Waals surface area (Å²) in [5, 5.41) is 22.4. The van der Waals surface area contributed by atoms with E-state index in [4.69, 9.17) is 39.1 Å². The molecule has 5 aliphatic rings. The second kappa shape index (κ2) is 24.3. The maximum absolute atomic E-state index is 14.4. The van der Waals surface area contributed by atoms with Crippen LogP contribution in [-0.2, 0) is 30.5 Å². The van der Waals surface area contributed by atoms with E-state index in [1.165, 1.54) is 33.3 Å². The fourth-order valence-corrected chi connectivity index (χ4v) is 10.3. The average Bonchev–Trinajstić information content (AvgIpc) is 4.18. The highest BCUT2D eigenvalue weighted by atomic mass is 16.6. The van der Waals surface area contributed by atoms with Crippen LogP contribution in [-0.4, -0.2) is 147 Å². The first-order valence-electron chi connectivity index (χ1n) is 26.8. The first kappa shape index (κ1) is 57.0. The van der Waals surface area contributed by atoms with Crippen LogP contribution in [0.25, 0.3) is 5.57 Å². The number of rotatable bonds is 21. The third-order valence-corrected chi connectivity index (χ3v) is 15.1. The predicted molar refractivity (Wildman–Crippen MR) is 297 cm³/mol. The lowest BCUT2D eigenvalue weighted by atomic mass is 10.0. The molecule has 4 aromatic rings. The zero-order chi connectivity index (χ0) is 57.7. The number of benzene rings is 4. The van der Waals surface area contributed by atoms with Gasteiger partial charge in [0.2, 0.25) is 23.6 Å². The third-order valence-electron chi connectivity index (χ3n) is 15.1. The van der Waals surface area contributed by atoms with E-state index in [0.717, 1.165) is 34.6 Å². The van der Waals surface area contributed by atoms with Gasteiger partial charge in [-0.25, -0.2) is 9.69 Å². The van der Waals surface area contributed by atoms with E-state index in [9.17, 15) is 38.7 Å². The Bertz CT molecular complexity index is 3140. The highest BCUT2D eigenvalue weighted by molar-refractivity contribution is 6.07. The van der Waals surface area contributed by atoms with E-state index in [1.54, 1.807) is 73.4 Å². The Morgan fingerprint density at radius 3 is 2.12 bits per heavy atom. The van der Waals surface area contributed by atoms with Crippen LogP contribution < -0.4 is 55.6 Å². The number of amides is 7. The molecule has 1 unspecified atom stereocenters. The molecule has 7 amide bonds. The normalized spacial score (nSPS) is 18.9. The fraction of sp³-hybridized carbons (Fsp3) is 0.414. The molecule has 4 heterocycles. The molecular weight excluding hydrogens is 1050 g/mol. The molecule has 23 nitrogen and oxygen atoms in total. The summed E-state index contributed by atoms with van der Waals surface area (Å²) in [6.45, 7) is 4.70. The lowest BCUT2D eigenvalue weighted by Crippen LogP contribution is -2.55. The van der Waals surface area contributed by atoms with E-state index >= 15 is 0 Å². The highest BCUT2D eigenvalue weighted by Gasteiger charge is 2.58. The van der Waals surface area contributed by atoms with Crippen molar-refractivity contribution in [3.05, 3.63) is 101 Å². The van der Waals surface area contributed by atoms with Crippen LogP contribution in [0.1, 0.15) is 84.7 Å². The Balaban J connectivity index is 0.830. The third kappa shape index (κ3) is 12.5. The van der Waals surface area contributed by atoms with Crippen molar-refractivity contribution in [2.24, 2.45) is 22.1 Å². The lowest BCUT2D eigenvalue weighted by Gasteiger charge is -2.31. The van der Waals surface area contributed by atoms with Crippen LogP contribution in [0.15, 0.2) is 84.0 Å². The summed E-state index contributed by atoms with van der Waals surface area (Å²) in [6.07, 6.45) is 4.46. The van der Waals surface area contributed by atoms with E-state index in [2.05, 4.69) is 21.3 Å². The number of nitrogens with zero attached hydrogens (tertiary/aromatic N) is 4. The van der Waals surface area contributed by atoms with Crippen molar-refractivity contribution in [1.82, 2.24) is 25.8 Å². The minimum atomic E-state index is -1.48. The fourth-order valence-electron chi connectivity index (χ4n) is 10.3. The number of carbonyl (C=O) groups excluding carboxylic acids is 7. The number of hydrogen-bond acceptors (Lipinski definition) is 16. The summed E-state index contributed by atoms with van der Waals surface area (Å²) in [4.78, 5) is 102. The Labute approximate surface area is 468 Å². The molecular formula is C58H67N9O14. The summed E-state index contributed by atoms with van der Waals surface area (Å²) in [5.74, 6) is -1.33. The number of fused-ring (bicyclic) bond motifs is 4. The molecule has 1 aliphatic carbocycles. The van der Waals surface area contributed by atoms with Gasteiger partial charge in [-0.3, -0.25) is 33.8 Å². The number of hydrogen-bond donors (Lipinski definition) is 6. The van der Waals surface area contributed by atoms with E-state index in [-0.39, 0.29) is 84.8 Å². The van der Waals surface area contributed by atoms with Gasteiger partial charge in [0.1, 0.15) is 24.4 Å². The molecule has 0 radical (unpaired) electrons. The SMILES string of the molecule is COc1ccc(C2=CN3C(=O)c4cc(OC)c(OCCCOc5cc6c(cc5OC)C(=O)N5CC7(CC7)C[C@H]5C(O)N6C(=O)OCc5ccc(NC(=O)[C@H](C)NC(=O)[C@@H](NC(=O)CNC(=O)CN)C(C)C)cc5)cc4N=C[C@@H]3C2)cc1. The zero-order valence-corrected chi connectivity index (χ0v) is 45.9. The van der Waals surface area contributed by atoms with Crippen molar-refractivity contribution >= 4 is 70.4 Å². The Morgan fingerprint density at radius 1 is 0.802 bits per heavy atom. The van der Waals surface area contributed by atoms with Crippen LogP contribution in [0.2, 0.25) is 0 Å². The van der Waals surface area contributed by atoms with Crippen molar-refractivity contribution in [2.45, 2.75) is 89.9 Å². The Hall–Kier alpha value is -8.70. The number of anilines is 2. The molecule has 81 heavy (non-hydrogen) atoms. The van der Waals surface area contributed by atoms with Gasteiger partial charge < -0.3 is 70.3 Å².